The molecule has 76 valence electrons. The molecule has 0 aromatic carbocycles. The Bertz CT molecular complexity index is 173. The van der Waals surface area contributed by atoms with Gasteiger partial charge in [0.15, 0.2) is 0 Å². The fourth-order valence-corrected chi connectivity index (χ4v) is 2.41. The Balaban J connectivity index is 1.67. The van der Waals surface area contributed by atoms with Gasteiger partial charge in [-0.2, -0.15) is 0 Å². The van der Waals surface area contributed by atoms with Crippen molar-refractivity contribution in [2.24, 2.45) is 5.92 Å². The van der Waals surface area contributed by atoms with Gasteiger partial charge in [-0.05, 0) is 38.6 Å². The fraction of sp³-hybridized carbons (Fsp3) is 1.00. The lowest BCUT2D eigenvalue weighted by atomic mass is 10.0. The molecule has 0 aromatic heterocycles. The van der Waals surface area contributed by atoms with Crippen LogP contribution in [0.25, 0.3) is 0 Å². The summed E-state index contributed by atoms with van der Waals surface area (Å²) in [7, 11) is 0. The van der Waals surface area contributed by atoms with Crippen LogP contribution in [0.3, 0.4) is 0 Å². The third-order valence-electron chi connectivity index (χ3n) is 3.66. The van der Waals surface area contributed by atoms with Crippen LogP contribution in [-0.2, 0) is 0 Å². The van der Waals surface area contributed by atoms with Crippen LogP contribution in [0.1, 0.15) is 39.5 Å². The van der Waals surface area contributed by atoms with E-state index in [1.807, 2.05) is 0 Å². The molecule has 2 N–H and O–H groups in total. The van der Waals surface area contributed by atoms with Crippen molar-refractivity contribution in [2.45, 2.75) is 51.1 Å². The lowest BCUT2D eigenvalue weighted by Crippen LogP contribution is -2.46. The van der Waals surface area contributed by atoms with Crippen molar-refractivity contribution in [1.29, 1.82) is 0 Å². The minimum absolute atomic E-state index is 0.390. The third kappa shape index (κ3) is 2.23. The van der Waals surface area contributed by atoms with E-state index < -0.39 is 0 Å². The van der Waals surface area contributed by atoms with Crippen LogP contribution in [0.4, 0.5) is 0 Å². The maximum absolute atomic E-state index is 3.68. The Morgan fingerprint density at radius 1 is 1.54 bits per heavy atom. The van der Waals surface area contributed by atoms with Gasteiger partial charge >= 0.3 is 0 Å². The zero-order chi connectivity index (χ0) is 9.31. The van der Waals surface area contributed by atoms with Crippen LogP contribution in [0.5, 0.6) is 0 Å². The number of rotatable bonds is 4. The van der Waals surface area contributed by atoms with E-state index in [9.17, 15) is 0 Å². The van der Waals surface area contributed by atoms with Crippen LogP contribution in [0.2, 0.25) is 0 Å². The zero-order valence-corrected chi connectivity index (χ0v) is 8.90. The van der Waals surface area contributed by atoms with E-state index in [1.165, 1.54) is 32.2 Å². The molecule has 0 radical (unpaired) electrons. The SMILES string of the molecule is CCC1CC1NCC1(C)CCCN1. The van der Waals surface area contributed by atoms with Gasteiger partial charge in [0.2, 0.25) is 0 Å². The number of hydrogen-bond donors (Lipinski definition) is 2. The van der Waals surface area contributed by atoms with E-state index in [4.69, 9.17) is 0 Å². The van der Waals surface area contributed by atoms with Gasteiger partial charge in [-0.3, -0.25) is 0 Å². The smallest absolute Gasteiger partial charge is 0.0278 e. The van der Waals surface area contributed by atoms with Crippen LogP contribution < -0.4 is 10.6 Å². The quantitative estimate of drug-likeness (QED) is 0.689. The van der Waals surface area contributed by atoms with Gasteiger partial charge in [0.1, 0.15) is 0 Å². The van der Waals surface area contributed by atoms with Gasteiger partial charge in [0, 0.05) is 18.1 Å². The zero-order valence-electron chi connectivity index (χ0n) is 8.90. The van der Waals surface area contributed by atoms with Gasteiger partial charge in [-0.1, -0.05) is 13.3 Å². The van der Waals surface area contributed by atoms with Gasteiger partial charge in [0.25, 0.3) is 0 Å². The molecule has 13 heavy (non-hydrogen) atoms. The van der Waals surface area contributed by atoms with Crippen LogP contribution in [0, 0.1) is 5.92 Å². The first kappa shape index (κ1) is 9.47. The first-order chi connectivity index (χ1) is 6.23. The van der Waals surface area contributed by atoms with Crippen LogP contribution in [0.15, 0.2) is 0 Å². The summed E-state index contributed by atoms with van der Waals surface area (Å²) in [5.74, 6) is 0.977. The van der Waals surface area contributed by atoms with E-state index in [-0.39, 0.29) is 0 Å². The lowest BCUT2D eigenvalue weighted by molar-refractivity contribution is 0.380. The van der Waals surface area contributed by atoms with Crippen molar-refractivity contribution in [2.75, 3.05) is 13.1 Å². The van der Waals surface area contributed by atoms with E-state index in [0.29, 0.717) is 5.54 Å². The number of nitrogens with one attached hydrogen (secondary N) is 2. The van der Waals surface area contributed by atoms with Gasteiger partial charge < -0.3 is 10.6 Å². The summed E-state index contributed by atoms with van der Waals surface area (Å²) in [6, 6.07) is 0.837. The molecule has 1 aliphatic carbocycles. The molecule has 2 fully saturated rings. The van der Waals surface area contributed by atoms with Gasteiger partial charge in [0.05, 0.1) is 0 Å². The topological polar surface area (TPSA) is 24.1 Å². The molecule has 2 nitrogen and oxygen atoms in total. The van der Waals surface area contributed by atoms with Crippen molar-refractivity contribution in [3.8, 4) is 0 Å². The van der Waals surface area contributed by atoms with Gasteiger partial charge in [-0.25, -0.2) is 0 Å². The second-order valence-corrected chi connectivity index (χ2v) is 4.98. The molecule has 1 saturated heterocycles. The monoisotopic (exact) mass is 182 g/mol. The molecule has 1 heterocycles. The van der Waals surface area contributed by atoms with Crippen LogP contribution >= 0.6 is 0 Å². The summed E-state index contributed by atoms with van der Waals surface area (Å²) in [6.07, 6.45) is 5.44. The van der Waals surface area contributed by atoms with E-state index in [1.54, 1.807) is 0 Å². The highest BCUT2D eigenvalue weighted by molar-refractivity contribution is 4.97. The molecule has 2 heteroatoms. The molecule has 2 rings (SSSR count). The predicted octanol–water partition coefficient (Wildman–Crippen LogP) is 1.52. The second kappa shape index (κ2) is 3.58. The predicted molar refractivity (Wildman–Crippen MR) is 55.8 cm³/mol. The minimum atomic E-state index is 0.390. The summed E-state index contributed by atoms with van der Waals surface area (Å²) in [5.41, 5.74) is 0.390. The highest BCUT2D eigenvalue weighted by Crippen LogP contribution is 2.33. The molecule has 3 atom stereocenters. The Morgan fingerprint density at radius 3 is 2.92 bits per heavy atom. The summed E-state index contributed by atoms with van der Waals surface area (Å²) in [6.45, 7) is 7.01. The first-order valence-electron chi connectivity index (χ1n) is 5.72. The summed E-state index contributed by atoms with van der Waals surface area (Å²) in [4.78, 5) is 0. The highest BCUT2D eigenvalue weighted by Gasteiger charge is 2.37. The average Bonchev–Trinajstić information content (AvgIpc) is 2.78. The van der Waals surface area contributed by atoms with E-state index in [0.717, 1.165) is 18.5 Å². The Hall–Kier alpha value is -0.0800. The maximum Gasteiger partial charge on any atom is 0.0278 e. The Labute approximate surface area is 81.5 Å². The van der Waals surface area contributed by atoms with Crippen molar-refractivity contribution >= 4 is 0 Å². The summed E-state index contributed by atoms with van der Waals surface area (Å²) < 4.78 is 0. The minimum Gasteiger partial charge on any atom is -0.312 e. The fourth-order valence-electron chi connectivity index (χ4n) is 2.41. The average molecular weight is 182 g/mol. The first-order valence-corrected chi connectivity index (χ1v) is 5.72. The van der Waals surface area contributed by atoms with E-state index >= 15 is 0 Å². The molecule has 0 spiro atoms. The largest absolute Gasteiger partial charge is 0.312 e. The molecule has 2 aliphatic rings. The Kier molecular flexibility index (Phi) is 2.61. The molecule has 0 aromatic rings. The summed E-state index contributed by atoms with van der Waals surface area (Å²) in [5, 5.41) is 7.26. The van der Waals surface area contributed by atoms with Crippen molar-refractivity contribution in [3.05, 3.63) is 0 Å². The van der Waals surface area contributed by atoms with Crippen molar-refractivity contribution in [1.82, 2.24) is 10.6 Å². The van der Waals surface area contributed by atoms with Crippen LogP contribution in [-0.4, -0.2) is 24.7 Å². The van der Waals surface area contributed by atoms with Crippen molar-refractivity contribution in [3.63, 3.8) is 0 Å². The molecule has 0 bridgehead atoms. The second-order valence-electron chi connectivity index (χ2n) is 4.98. The Morgan fingerprint density at radius 2 is 2.38 bits per heavy atom. The van der Waals surface area contributed by atoms with E-state index in [2.05, 4.69) is 24.5 Å². The van der Waals surface area contributed by atoms with Gasteiger partial charge in [-0.15, -0.1) is 0 Å². The van der Waals surface area contributed by atoms with Crippen molar-refractivity contribution < 1.29 is 0 Å². The third-order valence-corrected chi connectivity index (χ3v) is 3.66. The lowest BCUT2D eigenvalue weighted by Gasteiger charge is -2.24. The molecule has 1 saturated carbocycles. The normalized spacial score (nSPS) is 43.8. The summed E-state index contributed by atoms with van der Waals surface area (Å²) >= 11 is 0. The maximum atomic E-state index is 3.68. The molecular formula is C11H22N2. The standard InChI is InChI=1S/C11H22N2/c1-3-9-7-10(9)12-8-11(2)5-4-6-13-11/h9-10,12-13H,3-8H2,1-2H3. The molecule has 1 aliphatic heterocycles. The number of hydrogen-bond acceptors (Lipinski definition) is 2. The molecule has 3 unspecified atom stereocenters. The molecule has 0 amide bonds. The highest BCUT2D eigenvalue weighted by atomic mass is 15.1. The molecular weight excluding hydrogens is 160 g/mol.